The third kappa shape index (κ3) is 4.75. The quantitative estimate of drug-likeness (QED) is 0.465. The lowest BCUT2D eigenvalue weighted by molar-refractivity contribution is -0.118. The van der Waals surface area contributed by atoms with E-state index in [1.165, 1.54) is 11.5 Å². The van der Waals surface area contributed by atoms with E-state index in [0.29, 0.717) is 25.3 Å². The Kier molecular flexibility index (Phi) is 6.08. The Labute approximate surface area is 133 Å². The molecule has 0 unspecified atom stereocenters. The zero-order valence-electron chi connectivity index (χ0n) is 12.9. The molecule has 23 heavy (non-hydrogen) atoms. The Morgan fingerprint density at radius 3 is 2.91 bits per heavy atom. The van der Waals surface area contributed by atoms with Crippen molar-refractivity contribution in [2.45, 2.75) is 38.2 Å². The van der Waals surface area contributed by atoms with Gasteiger partial charge in [-0.2, -0.15) is 4.98 Å². The van der Waals surface area contributed by atoms with E-state index in [0.717, 1.165) is 0 Å². The van der Waals surface area contributed by atoms with Gasteiger partial charge in [0.25, 0.3) is 0 Å². The number of hydrogen-bond donors (Lipinski definition) is 4. The Morgan fingerprint density at radius 1 is 1.52 bits per heavy atom. The van der Waals surface area contributed by atoms with Crippen LogP contribution >= 0.6 is 0 Å². The van der Waals surface area contributed by atoms with Gasteiger partial charge in [-0.25, -0.2) is 4.79 Å². The summed E-state index contributed by atoms with van der Waals surface area (Å²) in [7, 11) is 0. The first-order chi connectivity index (χ1) is 11.0. The summed E-state index contributed by atoms with van der Waals surface area (Å²) in [6.45, 7) is 2.28. The second-order valence-corrected chi connectivity index (χ2v) is 5.38. The lowest BCUT2D eigenvalue weighted by atomic mass is 10.2. The van der Waals surface area contributed by atoms with Crippen molar-refractivity contribution in [3.8, 4) is 0 Å². The van der Waals surface area contributed by atoms with Crippen LogP contribution in [0, 0.1) is 0 Å². The molecule has 1 fully saturated rings. The minimum atomic E-state index is -0.802. The van der Waals surface area contributed by atoms with Crippen molar-refractivity contribution in [1.29, 1.82) is 0 Å². The van der Waals surface area contributed by atoms with Crippen molar-refractivity contribution >= 4 is 11.7 Å². The molecule has 4 N–H and O–H groups in total. The molecule has 0 spiro atoms. The molecule has 2 heterocycles. The molecule has 3 atom stereocenters. The monoisotopic (exact) mass is 326 g/mol. The topological polar surface area (TPSA) is 126 Å². The van der Waals surface area contributed by atoms with Gasteiger partial charge >= 0.3 is 5.69 Å². The number of carbonyl (C=O) groups is 1. The van der Waals surface area contributed by atoms with Crippen LogP contribution in [0.5, 0.6) is 0 Å². The highest BCUT2D eigenvalue weighted by Gasteiger charge is 2.34. The van der Waals surface area contributed by atoms with Gasteiger partial charge in [-0.3, -0.25) is 9.36 Å². The van der Waals surface area contributed by atoms with Crippen molar-refractivity contribution in [2.75, 3.05) is 25.0 Å². The van der Waals surface area contributed by atoms with Gasteiger partial charge in [0.15, 0.2) is 0 Å². The smallest absolute Gasteiger partial charge is 0.351 e. The van der Waals surface area contributed by atoms with E-state index in [1.54, 1.807) is 12.3 Å². The van der Waals surface area contributed by atoms with Crippen molar-refractivity contribution in [3.63, 3.8) is 0 Å². The first kappa shape index (κ1) is 17.4. The van der Waals surface area contributed by atoms with Gasteiger partial charge in [-0.15, -0.1) is 0 Å². The fourth-order valence-electron chi connectivity index (χ4n) is 2.35. The van der Waals surface area contributed by atoms with E-state index in [-0.39, 0.29) is 18.9 Å². The van der Waals surface area contributed by atoms with Crippen LogP contribution in [0.15, 0.2) is 17.1 Å². The summed E-state index contributed by atoms with van der Waals surface area (Å²) in [5, 5.41) is 24.5. The molecular formula is C14H22N4O5. The number of rotatable bonds is 7. The SMILES string of the molecule is CC(=O)NCCCNc1ccn([C@H]2C[C@H](O)[C@@H](CO)O2)c(=O)n1. The summed E-state index contributed by atoms with van der Waals surface area (Å²) in [4.78, 5) is 26.7. The fourth-order valence-corrected chi connectivity index (χ4v) is 2.35. The zero-order chi connectivity index (χ0) is 16.8. The van der Waals surface area contributed by atoms with E-state index in [1.807, 2.05) is 0 Å². The molecule has 1 aliphatic heterocycles. The predicted molar refractivity (Wildman–Crippen MR) is 81.9 cm³/mol. The van der Waals surface area contributed by atoms with E-state index in [2.05, 4.69) is 15.6 Å². The summed E-state index contributed by atoms with van der Waals surface area (Å²) < 4.78 is 6.72. The summed E-state index contributed by atoms with van der Waals surface area (Å²) in [5.74, 6) is 0.358. The number of ether oxygens (including phenoxy) is 1. The predicted octanol–water partition coefficient (Wildman–Crippen LogP) is -1.18. The van der Waals surface area contributed by atoms with Crippen LogP contribution in [0.3, 0.4) is 0 Å². The molecular weight excluding hydrogens is 304 g/mol. The summed E-state index contributed by atoms with van der Waals surface area (Å²) in [5.41, 5.74) is -0.493. The minimum absolute atomic E-state index is 0.0781. The molecule has 1 amide bonds. The number of anilines is 1. The summed E-state index contributed by atoms with van der Waals surface area (Å²) in [6.07, 6.45) is 0.372. The van der Waals surface area contributed by atoms with Gasteiger partial charge in [0.2, 0.25) is 5.91 Å². The third-order valence-electron chi connectivity index (χ3n) is 3.56. The minimum Gasteiger partial charge on any atom is -0.394 e. The summed E-state index contributed by atoms with van der Waals surface area (Å²) >= 11 is 0. The first-order valence-electron chi connectivity index (χ1n) is 7.53. The van der Waals surface area contributed by atoms with Gasteiger partial charge in [-0.1, -0.05) is 0 Å². The molecule has 0 saturated carbocycles. The number of nitrogens with zero attached hydrogens (tertiary/aromatic N) is 2. The number of nitrogens with one attached hydrogen (secondary N) is 2. The maximum Gasteiger partial charge on any atom is 0.351 e. The number of aliphatic hydroxyl groups excluding tert-OH is 2. The molecule has 0 bridgehead atoms. The van der Waals surface area contributed by atoms with Crippen molar-refractivity contribution in [2.24, 2.45) is 0 Å². The van der Waals surface area contributed by atoms with E-state index >= 15 is 0 Å². The molecule has 9 heteroatoms. The molecule has 1 aromatic heterocycles. The number of carbonyl (C=O) groups excluding carboxylic acids is 1. The molecule has 0 aliphatic carbocycles. The van der Waals surface area contributed by atoms with Gasteiger partial charge in [0.1, 0.15) is 18.1 Å². The van der Waals surface area contributed by atoms with Crippen LogP contribution < -0.4 is 16.3 Å². The highest BCUT2D eigenvalue weighted by atomic mass is 16.5. The van der Waals surface area contributed by atoms with Crippen molar-refractivity contribution in [3.05, 3.63) is 22.7 Å². The largest absolute Gasteiger partial charge is 0.394 e. The second kappa shape index (κ2) is 8.04. The molecule has 9 nitrogen and oxygen atoms in total. The Hall–Kier alpha value is -1.97. The maximum absolute atomic E-state index is 12.0. The van der Waals surface area contributed by atoms with Crippen LogP contribution in [-0.4, -0.2) is 57.6 Å². The number of hydrogen-bond acceptors (Lipinski definition) is 7. The number of aromatic nitrogens is 2. The van der Waals surface area contributed by atoms with Crippen molar-refractivity contribution < 1.29 is 19.7 Å². The molecule has 2 rings (SSSR count). The van der Waals surface area contributed by atoms with Gasteiger partial charge in [0, 0.05) is 32.6 Å². The Balaban J connectivity index is 1.88. The maximum atomic E-state index is 12.0. The first-order valence-corrected chi connectivity index (χ1v) is 7.53. The average Bonchev–Trinajstić information content (AvgIpc) is 2.87. The normalized spacial score (nSPS) is 23.7. The van der Waals surface area contributed by atoms with Crippen molar-refractivity contribution in [1.82, 2.24) is 14.9 Å². The highest BCUT2D eigenvalue weighted by molar-refractivity contribution is 5.72. The Morgan fingerprint density at radius 2 is 2.30 bits per heavy atom. The summed E-state index contributed by atoms with van der Waals surface area (Å²) in [6, 6.07) is 1.64. The lowest BCUT2D eigenvalue weighted by Gasteiger charge is -2.14. The van der Waals surface area contributed by atoms with E-state index in [9.17, 15) is 14.7 Å². The average molecular weight is 326 g/mol. The van der Waals surface area contributed by atoms with Crippen LogP contribution in [-0.2, 0) is 9.53 Å². The van der Waals surface area contributed by atoms with E-state index in [4.69, 9.17) is 9.84 Å². The van der Waals surface area contributed by atoms with Gasteiger partial charge in [-0.05, 0) is 12.5 Å². The fraction of sp³-hybridized carbons (Fsp3) is 0.643. The zero-order valence-corrected chi connectivity index (χ0v) is 12.9. The van der Waals surface area contributed by atoms with Crippen LogP contribution in [0.1, 0.15) is 26.0 Å². The van der Waals surface area contributed by atoms with Crippen LogP contribution in [0.25, 0.3) is 0 Å². The molecule has 0 aromatic carbocycles. The van der Waals surface area contributed by atoms with Gasteiger partial charge < -0.3 is 25.6 Å². The highest BCUT2D eigenvalue weighted by Crippen LogP contribution is 2.27. The lowest BCUT2D eigenvalue weighted by Crippen LogP contribution is -2.28. The Bertz CT molecular complexity index is 591. The molecule has 128 valence electrons. The molecule has 0 radical (unpaired) electrons. The van der Waals surface area contributed by atoms with E-state index < -0.39 is 24.1 Å². The molecule has 1 saturated heterocycles. The second-order valence-electron chi connectivity index (χ2n) is 5.38. The molecule has 1 aromatic rings. The number of aliphatic hydroxyl groups is 2. The third-order valence-corrected chi connectivity index (χ3v) is 3.56. The number of amides is 1. The van der Waals surface area contributed by atoms with Crippen LogP contribution in [0.2, 0.25) is 0 Å². The van der Waals surface area contributed by atoms with Gasteiger partial charge in [0.05, 0.1) is 12.7 Å². The van der Waals surface area contributed by atoms with Crippen LogP contribution in [0.4, 0.5) is 5.82 Å². The molecule has 1 aliphatic rings. The standard InChI is InChI=1S/C14H22N4O5/c1-9(20)15-4-2-5-16-12-3-6-18(14(22)17-12)13-7-10(21)11(8-19)23-13/h3,6,10-11,13,19,21H,2,4-5,7-8H2,1H3,(H,15,20)(H,16,17,22)/t10-,11+,13+/m0/s1.